The van der Waals surface area contributed by atoms with Gasteiger partial charge in [0.25, 0.3) is 0 Å². The summed E-state index contributed by atoms with van der Waals surface area (Å²) in [7, 11) is 3.47. The first kappa shape index (κ1) is 10.5. The normalized spacial score (nSPS) is 21.8. The van der Waals surface area contributed by atoms with Gasteiger partial charge < -0.3 is 15.0 Å². The Morgan fingerprint density at radius 1 is 1.62 bits per heavy atom. The van der Waals surface area contributed by atoms with E-state index >= 15 is 0 Å². The lowest BCUT2D eigenvalue weighted by Crippen LogP contribution is -2.31. The van der Waals surface area contributed by atoms with Gasteiger partial charge in [-0.15, -0.1) is 0 Å². The molecule has 0 aromatic heterocycles. The third kappa shape index (κ3) is 3.74. The predicted octanol–water partition coefficient (Wildman–Crippen LogP) is -0.157. The van der Waals surface area contributed by atoms with E-state index in [0.29, 0.717) is 12.6 Å². The first-order chi connectivity index (χ1) is 6.20. The van der Waals surface area contributed by atoms with Gasteiger partial charge in [0, 0.05) is 20.1 Å². The van der Waals surface area contributed by atoms with E-state index in [1.807, 2.05) is 0 Å². The molecule has 0 aromatic rings. The summed E-state index contributed by atoms with van der Waals surface area (Å²) in [6, 6.07) is 0.454. The van der Waals surface area contributed by atoms with Crippen LogP contribution in [0.2, 0.25) is 0 Å². The monoisotopic (exact) mass is 186 g/mol. The van der Waals surface area contributed by atoms with Gasteiger partial charge in [0.15, 0.2) is 0 Å². The summed E-state index contributed by atoms with van der Waals surface area (Å²) in [6.07, 6.45) is 2.38. The Labute approximate surface area is 79.2 Å². The highest BCUT2D eigenvalue weighted by Gasteiger charge is 2.14. The van der Waals surface area contributed by atoms with Gasteiger partial charge in [-0.2, -0.15) is 0 Å². The minimum absolute atomic E-state index is 0.0259. The molecule has 1 heterocycles. The van der Waals surface area contributed by atoms with Crippen molar-refractivity contribution in [2.75, 3.05) is 33.9 Å². The zero-order valence-electron chi connectivity index (χ0n) is 8.38. The number of carbonyl (C=O) groups excluding carboxylic acids is 1. The molecule has 1 saturated heterocycles. The molecule has 4 heteroatoms. The standard InChI is InChI=1S/C9H18N2O2/c1-11(2)9(12)7-13-6-8-4-3-5-10-8/h8,10H,3-7H2,1-2H3. The third-order valence-corrected chi connectivity index (χ3v) is 2.21. The van der Waals surface area contributed by atoms with Crippen LogP contribution in [-0.4, -0.2) is 50.7 Å². The summed E-state index contributed by atoms with van der Waals surface area (Å²) in [5.41, 5.74) is 0. The second-order valence-electron chi connectivity index (χ2n) is 3.60. The number of rotatable bonds is 4. The van der Waals surface area contributed by atoms with Gasteiger partial charge in [0.1, 0.15) is 6.61 Å². The highest BCUT2D eigenvalue weighted by Crippen LogP contribution is 2.04. The molecular weight excluding hydrogens is 168 g/mol. The summed E-state index contributed by atoms with van der Waals surface area (Å²) in [5.74, 6) is 0.0259. The minimum atomic E-state index is 0.0259. The molecule has 1 rings (SSSR count). The molecule has 1 fully saturated rings. The van der Waals surface area contributed by atoms with E-state index in [-0.39, 0.29) is 12.5 Å². The molecule has 4 nitrogen and oxygen atoms in total. The molecule has 1 aliphatic rings. The fourth-order valence-corrected chi connectivity index (χ4v) is 1.32. The molecule has 13 heavy (non-hydrogen) atoms. The molecule has 0 radical (unpaired) electrons. The molecule has 0 saturated carbocycles. The van der Waals surface area contributed by atoms with Gasteiger partial charge in [-0.25, -0.2) is 0 Å². The average Bonchev–Trinajstić information content (AvgIpc) is 2.56. The van der Waals surface area contributed by atoms with Crippen molar-refractivity contribution in [1.29, 1.82) is 0 Å². The second-order valence-corrected chi connectivity index (χ2v) is 3.60. The topological polar surface area (TPSA) is 41.6 Å². The van der Waals surface area contributed by atoms with Crippen LogP contribution in [0.5, 0.6) is 0 Å². The number of carbonyl (C=O) groups is 1. The van der Waals surface area contributed by atoms with Gasteiger partial charge >= 0.3 is 0 Å². The van der Waals surface area contributed by atoms with Crippen LogP contribution < -0.4 is 5.32 Å². The maximum absolute atomic E-state index is 11.1. The van der Waals surface area contributed by atoms with Crippen molar-refractivity contribution in [3.63, 3.8) is 0 Å². The van der Waals surface area contributed by atoms with E-state index < -0.39 is 0 Å². The van der Waals surface area contributed by atoms with Crippen LogP contribution in [0.25, 0.3) is 0 Å². The van der Waals surface area contributed by atoms with Crippen LogP contribution in [0.15, 0.2) is 0 Å². The summed E-state index contributed by atoms with van der Waals surface area (Å²) < 4.78 is 5.29. The molecule has 1 aliphatic heterocycles. The maximum atomic E-state index is 11.1. The van der Waals surface area contributed by atoms with E-state index in [1.54, 1.807) is 19.0 Å². The van der Waals surface area contributed by atoms with E-state index in [0.717, 1.165) is 13.0 Å². The largest absolute Gasteiger partial charge is 0.370 e. The SMILES string of the molecule is CN(C)C(=O)COCC1CCCN1. The maximum Gasteiger partial charge on any atom is 0.248 e. The van der Waals surface area contributed by atoms with E-state index in [1.165, 1.54) is 6.42 Å². The first-order valence-electron chi connectivity index (χ1n) is 4.71. The van der Waals surface area contributed by atoms with Crippen molar-refractivity contribution in [3.8, 4) is 0 Å². The van der Waals surface area contributed by atoms with E-state index in [9.17, 15) is 4.79 Å². The zero-order chi connectivity index (χ0) is 9.68. The number of hydrogen-bond acceptors (Lipinski definition) is 3. The number of nitrogens with one attached hydrogen (secondary N) is 1. The van der Waals surface area contributed by atoms with Gasteiger partial charge in [-0.1, -0.05) is 0 Å². The Hall–Kier alpha value is -0.610. The van der Waals surface area contributed by atoms with Crippen LogP contribution in [0.1, 0.15) is 12.8 Å². The highest BCUT2D eigenvalue weighted by atomic mass is 16.5. The van der Waals surface area contributed by atoms with Gasteiger partial charge in [0.05, 0.1) is 6.61 Å². The summed E-state index contributed by atoms with van der Waals surface area (Å²) in [5, 5.41) is 3.31. The smallest absolute Gasteiger partial charge is 0.248 e. The quantitative estimate of drug-likeness (QED) is 0.663. The van der Waals surface area contributed by atoms with Crippen LogP contribution in [0.3, 0.4) is 0 Å². The van der Waals surface area contributed by atoms with Gasteiger partial charge in [-0.05, 0) is 19.4 Å². The first-order valence-corrected chi connectivity index (χ1v) is 4.71. The Morgan fingerprint density at radius 2 is 2.38 bits per heavy atom. The molecule has 0 aliphatic carbocycles. The van der Waals surface area contributed by atoms with E-state index in [2.05, 4.69) is 5.32 Å². The number of amides is 1. The van der Waals surface area contributed by atoms with Crippen molar-refractivity contribution in [1.82, 2.24) is 10.2 Å². The van der Waals surface area contributed by atoms with Gasteiger partial charge in [-0.3, -0.25) is 4.79 Å². The fourth-order valence-electron chi connectivity index (χ4n) is 1.32. The molecule has 1 N–H and O–H groups in total. The average molecular weight is 186 g/mol. The van der Waals surface area contributed by atoms with E-state index in [4.69, 9.17) is 4.74 Å². The van der Waals surface area contributed by atoms with Crippen molar-refractivity contribution in [2.45, 2.75) is 18.9 Å². The Morgan fingerprint density at radius 3 is 2.92 bits per heavy atom. The van der Waals surface area contributed by atoms with Crippen LogP contribution in [-0.2, 0) is 9.53 Å². The molecule has 0 bridgehead atoms. The van der Waals surface area contributed by atoms with Crippen molar-refractivity contribution >= 4 is 5.91 Å². The van der Waals surface area contributed by atoms with Crippen LogP contribution in [0, 0.1) is 0 Å². The second kappa shape index (κ2) is 5.19. The molecule has 76 valence electrons. The van der Waals surface area contributed by atoms with Crippen LogP contribution in [0.4, 0.5) is 0 Å². The summed E-state index contributed by atoms with van der Waals surface area (Å²) in [4.78, 5) is 12.6. The molecular formula is C9H18N2O2. The van der Waals surface area contributed by atoms with Crippen LogP contribution >= 0.6 is 0 Å². The Bertz CT molecular complexity index is 165. The number of hydrogen-bond donors (Lipinski definition) is 1. The number of ether oxygens (including phenoxy) is 1. The van der Waals surface area contributed by atoms with Crippen molar-refractivity contribution < 1.29 is 9.53 Å². The fraction of sp³-hybridized carbons (Fsp3) is 0.889. The zero-order valence-corrected chi connectivity index (χ0v) is 8.38. The highest BCUT2D eigenvalue weighted by molar-refractivity contribution is 5.76. The number of likely N-dealkylation sites (N-methyl/N-ethyl adjacent to an activating group) is 1. The van der Waals surface area contributed by atoms with Crippen molar-refractivity contribution in [3.05, 3.63) is 0 Å². The molecule has 1 unspecified atom stereocenters. The van der Waals surface area contributed by atoms with Gasteiger partial charge in [0.2, 0.25) is 5.91 Å². The molecule has 0 spiro atoms. The van der Waals surface area contributed by atoms with Crippen molar-refractivity contribution in [2.24, 2.45) is 0 Å². The molecule has 1 amide bonds. The lowest BCUT2D eigenvalue weighted by Gasteiger charge is -2.13. The number of nitrogens with zero attached hydrogens (tertiary/aromatic N) is 1. The lowest BCUT2D eigenvalue weighted by atomic mass is 10.2. The predicted molar refractivity (Wildman–Crippen MR) is 50.5 cm³/mol. The Kier molecular flexibility index (Phi) is 4.18. The summed E-state index contributed by atoms with van der Waals surface area (Å²) >= 11 is 0. The Balaban J connectivity index is 2.03. The molecule has 1 atom stereocenters. The third-order valence-electron chi connectivity index (χ3n) is 2.21. The lowest BCUT2D eigenvalue weighted by molar-refractivity contribution is -0.133. The minimum Gasteiger partial charge on any atom is -0.370 e. The summed E-state index contributed by atoms with van der Waals surface area (Å²) in [6.45, 7) is 1.93. The molecule has 0 aromatic carbocycles.